The van der Waals surface area contributed by atoms with Crippen molar-refractivity contribution in [3.05, 3.63) is 82.9 Å². The average molecular weight is 498 g/mol. The van der Waals surface area contributed by atoms with Gasteiger partial charge in [0, 0.05) is 42.5 Å². The van der Waals surface area contributed by atoms with Gasteiger partial charge in [-0.3, -0.25) is 14.1 Å². The second kappa shape index (κ2) is 11.2. The first-order chi connectivity index (χ1) is 18.2. The van der Waals surface area contributed by atoms with Crippen LogP contribution in [-0.2, 0) is 19.5 Å². The van der Waals surface area contributed by atoms with Crippen molar-refractivity contribution >= 4 is 0 Å². The highest BCUT2D eigenvalue weighted by molar-refractivity contribution is 5.69. The zero-order valence-corrected chi connectivity index (χ0v) is 21.2. The molecule has 1 aromatic carbocycles. The highest BCUT2D eigenvalue weighted by Gasteiger charge is 2.17. The van der Waals surface area contributed by atoms with Gasteiger partial charge < -0.3 is 0 Å². The van der Waals surface area contributed by atoms with Gasteiger partial charge in [0.1, 0.15) is 5.82 Å². The Bertz CT molecular complexity index is 1490. The predicted octanol–water partition coefficient (Wildman–Crippen LogP) is 4.27. The number of aromatic amines is 1. The number of aromatic nitrogens is 9. The number of nitrogens with zero attached hydrogens (tertiary/aromatic N) is 8. The van der Waals surface area contributed by atoms with Crippen LogP contribution in [0.2, 0.25) is 0 Å². The number of aryl methyl sites for hydroxylation is 2. The Morgan fingerprint density at radius 1 is 0.946 bits per heavy atom. The van der Waals surface area contributed by atoms with Crippen LogP contribution in [0.3, 0.4) is 0 Å². The number of pyridine rings is 1. The van der Waals surface area contributed by atoms with E-state index in [9.17, 15) is 4.79 Å². The zero-order valence-electron chi connectivity index (χ0n) is 21.2. The summed E-state index contributed by atoms with van der Waals surface area (Å²) >= 11 is 0. The second-order valence-corrected chi connectivity index (χ2v) is 9.09. The Balaban J connectivity index is 1.51. The van der Waals surface area contributed by atoms with Gasteiger partial charge in [-0.2, -0.15) is 5.10 Å². The smallest absolute Gasteiger partial charge is 0.291 e. The van der Waals surface area contributed by atoms with Crippen molar-refractivity contribution in [2.75, 3.05) is 0 Å². The third-order valence-corrected chi connectivity index (χ3v) is 6.56. The monoisotopic (exact) mass is 497 g/mol. The van der Waals surface area contributed by atoms with Gasteiger partial charge in [-0.25, -0.2) is 14.6 Å². The SMILES string of the molecule is CCCCc1cn(-c2ccnn2CCCC)c(=O)n1Cc1cnccc1-c1ccc(-c2nnn[nH]2)cc1. The maximum atomic E-state index is 13.7. The fourth-order valence-electron chi connectivity index (χ4n) is 4.52. The van der Waals surface area contributed by atoms with E-state index in [0.717, 1.165) is 72.4 Å². The molecule has 0 aliphatic carbocycles. The lowest BCUT2D eigenvalue weighted by Gasteiger charge is -2.12. The van der Waals surface area contributed by atoms with Crippen LogP contribution in [0.1, 0.15) is 50.8 Å². The summed E-state index contributed by atoms with van der Waals surface area (Å²) in [4.78, 5) is 18.1. The number of unbranched alkanes of at least 4 members (excludes halogenated alkanes) is 2. The largest absolute Gasteiger partial charge is 0.334 e. The van der Waals surface area contributed by atoms with Gasteiger partial charge in [0.25, 0.3) is 0 Å². The van der Waals surface area contributed by atoms with Crippen LogP contribution in [0, 0.1) is 0 Å². The summed E-state index contributed by atoms with van der Waals surface area (Å²) in [7, 11) is 0. The molecule has 0 atom stereocenters. The summed E-state index contributed by atoms with van der Waals surface area (Å²) in [6, 6.07) is 11.9. The van der Waals surface area contributed by atoms with Crippen molar-refractivity contribution in [1.29, 1.82) is 0 Å². The Morgan fingerprint density at radius 2 is 1.76 bits per heavy atom. The number of nitrogens with one attached hydrogen (secondary N) is 1. The van der Waals surface area contributed by atoms with E-state index in [-0.39, 0.29) is 5.69 Å². The number of tetrazole rings is 1. The van der Waals surface area contributed by atoms with Gasteiger partial charge in [0.15, 0.2) is 5.82 Å². The Hall–Kier alpha value is -4.34. The molecule has 0 aliphatic heterocycles. The predicted molar refractivity (Wildman–Crippen MR) is 141 cm³/mol. The van der Waals surface area contributed by atoms with Gasteiger partial charge in [-0.05, 0) is 52.4 Å². The Labute approximate surface area is 215 Å². The van der Waals surface area contributed by atoms with E-state index in [1.165, 1.54) is 0 Å². The van der Waals surface area contributed by atoms with E-state index >= 15 is 0 Å². The maximum Gasteiger partial charge on any atom is 0.334 e. The van der Waals surface area contributed by atoms with E-state index in [1.54, 1.807) is 17.0 Å². The van der Waals surface area contributed by atoms with Crippen molar-refractivity contribution in [2.45, 2.75) is 59.0 Å². The first-order valence-electron chi connectivity index (χ1n) is 12.8. The molecule has 1 N–H and O–H groups in total. The first kappa shape index (κ1) is 24.4. The van der Waals surface area contributed by atoms with Gasteiger partial charge in [0.05, 0.1) is 12.7 Å². The van der Waals surface area contributed by atoms with E-state index < -0.39 is 0 Å². The number of hydrogen-bond donors (Lipinski definition) is 1. The number of benzene rings is 1. The van der Waals surface area contributed by atoms with Crippen LogP contribution in [-0.4, -0.2) is 44.5 Å². The molecule has 5 aromatic rings. The van der Waals surface area contributed by atoms with Crippen LogP contribution in [0.25, 0.3) is 28.3 Å². The number of H-pyrrole nitrogens is 1. The molecule has 5 rings (SSSR count). The van der Waals surface area contributed by atoms with Crippen molar-refractivity contribution < 1.29 is 0 Å². The normalized spacial score (nSPS) is 11.3. The lowest BCUT2D eigenvalue weighted by Crippen LogP contribution is -2.26. The molecule has 0 bridgehead atoms. The van der Waals surface area contributed by atoms with Crippen LogP contribution in [0.5, 0.6) is 0 Å². The molecule has 4 aromatic heterocycles. The van der Waals surface area contributed by atoms with Crippen LogP contribution < -0.4 is 5.69 Å². The number of hydrogen-bond acceptors (Lipinski definition) is 6. The molecule has 0 fully saturated rings. The van der Waals surface area contributed by atoms with Crippen molar-refractivity contribution in [3.63, 3.8) is 0 Å². The van der Waals surface area contributed by atoms with Crippen molar-refractivity contribution in [1.82, 2.24) is 44.5 Å². The topological polar surface area (TPSA) is 112 Å². The molecular weight excluding hydrogens is 466 g/mol. The Morgan fingerprint density at radius 3 is 2.51 bits per heavy atom. The lowest BCUT2D eigenvalue weighted by atomic mass is 10.00. The number of imidazole rings is 1. The molecule has 37 heavy (non-hydrogen) atoms. The molecule has 10 nitrogen and oxygen atoms in total. The van der Waals surface area contributed by atoms with Gasteiger partial charge in [0.2, 0.25) is 0 Å². The van der Waals surface area contributed by atoms with E-state index in [0.29, 0.717) is 12.4 Å². The quantitative estimate of drug-likeness (QED) is 0.292. The van der Waals surface area contributed by atoms with Gasteiger partial charge in [-0.15, -0.1) is 5.10 Å². The molecule has 0 saturated heterocycles. The third-order valence-electron chi connectivity index (χ3n) is 6.56. The van der Waals surface area contributed by atoms with Crippen LogP contribution in [0.15, 0.2) is 66.0 Å². The first-order valence-corrected chi connectivity index (χ1v) is 12.8. The number of rotatable bonds is 11. The van der Waals surface area contributed by atoms with Crippen molar-refractivity contribution in [3.8, 4) is 28.3 Å². The molecule has 0 amide bonds. The minimum Gasteiger partial charge on any atom is -0.291 e. The van der Waals surface area contributed by atoms with E-state index in [1.807, 2.05) is 58.0 Å². The highest BCUT2D eigenvalue weighted by Crippen LogP contribution is 2.26. The summed E-state index contributed by atoms with van der Waals surface area (Å²) in [5.74, 6) is 1.42. The molecule has 0 unspecified atom stereocenters. The maximum absolute atomic E-state index is 13.7. The second-order valence-electron chi connectivity index (χ2n) is 9.09. The lowest BCUT2D eigenvalue weighted by molar-refractivity contribution is 0.556. The highest BCUT2D eigenvalue weighted by atomic mass is 16.1. The summed E-state index contributed by atoms with van der Waals surface area (Å²) in [6.45, 7) is 5.54. The van der Waals surface area contributed by atoms with Crippen LogP contribution in [0.4, 0.5) is 0 Å². The molecule has 0 radical (unpaired) electrons. The van der Waals surface area contributed by atoms with E-state index in [2.05, 4.69) is 44.6 Å². The molecular formula is C27H31N9O. The molecule has 190 valence electrons. The van der Waals surface area contributed by atoms with Gasteiger partial charge in [-0.1, -0.05) is 51.0 Å². The third kappa shape index (κ3) is 5.13. The summed E-state index contributed by atoms with van der Waals surface area (Å²) < 4.78 is 5.53. The summed E-state index contributed by atoms with van der Waals surface area (Å²) in [5.41, 5.74) is 4.90. The van der Waals surface area contributed by atoms with Crippen molar-refractivity contribution in [2.24, 2.45) is 0 Å². The molecule has 0 aliphatic rings. The molecule has 10 heteroatoms. The van der Waals surface area contributed by atoms with Gasteiger partial charge >= 0.3 is 5.69 Å². The molecule has 0 saturated carbocycles. The minimum atomic E-state index is -0.0627. The average Bonchev–Trinajstić information content (AvgIpc) is 3.69. The molecule has 0 spiro atoms. The fraction of sp³-hybridized carbons (Fsp3) is 0.333. The minimum absolute atomic E-state index is 0.0627. The Kier molecular flexibility index (Phi) is 7.34. The summed E-state index contributed by atoms with van der Waals surface area (Å²) in [5, 5.41) is 18.5. The molecule has 4 heterocycles. The summed E-state index contributed by atoms with van der Waals surface area (Å²) in [6.07, 6.45) is 12.3. The zero-order chi connectivity index (χ0) is 25.6. The van der Waals surface area contributed by atoms with Crippen LogP contribution >= 0.6 is 0 Å². The fourth-order valence-corrected chi connectivity index (χ4v) is 4.52. The standard InChI is InChI=1S/C27H31N9O/c1-3-5-7-23-19-35(25-13-15-29-36(25)16-6-4-2)27(37)34(23)18-22-17-28-14-12-24(22)20-8-10-21(11-9-20)26-30-32-33-31-26/h8-15,17,19H,3-7,16,18H2,1-2H3,(H,30,31,32,33). The van der Waals surface area contributed by atoms with E-state index in [4.69, 9.17) is 0 Å².